The van der Waals surface area contributed by atoms with Crippen molar-refractivity contribution >= 4 is 5.91 Å². The molecule has 23 heavy (non-hydrogen) atoms. The second-order valence-electron chi connectivity index (χ2n) is 6.91. The van der Waals surface area contributed by atoms with Crippen molar-refractivity contribution in [3.05, 3.63) is 23.3 Å². The lowest BCUT2D eigenvalue weighted by Gasteiger charge is -2.31. The summed E-state index contributed by atoms with van der Waals surface area (Å²) in [5.74, 6) is 2.92. The van der Waals surface area contributed by atoms with Crippen LogP contribution in [0.1, 0.15) is 49.7 Å². The Labute approximate surface area is 138 Å². The zero-order valence-electron chi connectivity index (χ0n) is 14.4. The molecule has 0 radical (unpaired) electrons. The van der Waals surface area contributed by atoms with Crippen molar-refractivity contribution in [2.24, 2.45) is 5.92 Å². The third-order valence-corrected chi connectivity index (χ3v) is 5.40. The Morgan fingerprint density at radius 2 is 1.78 bits per heavy atom. The Hall–Kier alpha value is -1.71. The molecular weight excluding hydrogens is 290 g/mol. The second kappa shape index (κ2) is 6.81. The summed E-state index contributed by atoms with van der Waals surface area (Å²) >= 11 is 0. The van der Waals surface area contributed by atoms with Gasteiger partial charge in [-0.2, -0.15) is 0 Å². The number of amides is 1. The minimum Gasteiger partial charge on any atom is -0.493 e. The Kier molecular flexibility index (Phi) is 4.79. The highest BCUT2D eigenvalue weighted by Crippen LogP contribution is 2.42. The van der Waals surface area contributed by atoms with E-state index in [-0.39, 0.29) is 0 Å². The minimum absolute atomic E-state index is 0.310. The van der Waals surface area contributed by atoms with Crippen molar-refractivity contribution in [3.63, 3.8) is 0 Å². The maximum absolute atomic E-state index is 12.6. The number of piperidine rings is 1. The minimum atomic E-state index is 0.310. The van der Waals surface area contributed by atoms with E-state index in [4.69, 9.17) is 9.47 Å². The highest BCUT2D eigenvalue weighted by atomic mass is 16.5. The summed E-state index contributed by atoms with van der Waals surface area (Å²) in [7, 11) is 3.33. The van der Waals surface area contributed by atoms with Crippen molar-refractivity contribution in [2.45, 2.75) is 44.9 Å². The Morgan fingerprint density at radius 3 is 2.43 bits per heavy atom. The van der Waals surface area contributed by atoms with Crippen LogP contribution in [0.25, 0.3) is 0 Å². The topological polar surface area (TPSA) is 38.8 Å². The summed E-state index contributed by atoms with van der Waals surface area (Å²) in [6.45, 7) is 4.12. The average Bonchev–Trinajstić information content (AvgIpc) is 2.96. The number of carbonyl (C=O) groups is 1. The predicted molar refractivity (Wildman–Crippen MR) is 90.2 cm³/mol. The number of aryl methyl sites for hydroxylation is 1. The van der Waals surface area contributed by atoms with Crippen LogP contribution < -0.4 is 9.47 Å². The quantitative estimate of drug-likeness (QED) is 0.854. The van der Waals surface area contributed by atoms with E-state index in [1.165, 1.54) is 11.1 Å². The molecule has 1 aromatic carbocycles. The van der Waals surface area contributed by atoms with Crippen molar-refractivity contribution in [1.29, 1.82) is 0 Å². The zero-order valence-corrected chi connectivity index (χ0v) is 14.4. The number of methoxy groups -OCH3 is 2. The van der Waals surface area contributed by atoms with Crippen molar-refractivity contribution in [2.75, 3.05) is 27.3 Å². The van der Waals surface area contributed by atoms with Gasteiger partial charge in [0.2, 0.25) is 5.91 Å². The van der Waals surface area contributed by atoms with E-state index in [1.54, 1.807) is 14.2 Å². The van der Waals surface area contributed by atoms with Gasteiger partial charge in [0.25, 0.3) is 0 Å². The second-order valence-corrected chi connectivity index (χ2v) is 6.91. The molecule has 0 N–H and O–H groups in total. The average molecular weight is 317 g/mol. The van der Waals surface area contributed by atoms with Crippen molar-refractivity contribution in [1.82, 2.24) is 4.90 Å². The van der Waals surface area contributed by atoms with Gasteiger partial charge in [-0.05, 0) is 60.8 Å². The van der Waals surface area contributed by atoms with E-state index in [0.717, 1.165) is 56.2 Å². The van der Waals surface area contributed by atoms with Crippen LogP contribution in [0.2, 0.25) is 0 Å². The number of carbonyl (C=O) groups excluding carboxylic acids is 1. The van der Waals surface area contributed by atoms with E-state index in [0.29, 0.717) is 18.2 Å². The molecule has 1 aliphatic carbocycles. The van der Waals surface area contributed by atoms with E-state index in [1.807, 2.05) is 0 Å². The lowest BCUT2D eigenvalue weighted by atomic mass is 9.95. The molecule has 1 unspecified atom stereocenters. The molecule has 126 valence electrons. The van der Waals surface area contributed by atoms with Gasteiger partial charge in [0.05, 0.1) is 14.2 Å². The van der Waals surface area contributed by atoms with Crippen molar-refractivity contribution < 1.29 is 14.3 Å². The summed E-state index contributed by atoms with van der Waals surface area (Å²) in [6.07, 6.45) is 4.96. The molecular formula is C19H27NO3. The van der Waals surface area contributed by atoms with Gasteiger partial charge in [-0.15, -0.1) is 0 Å². The number of hydrogen-bond donors (Lipinski definition) is 0. The summed E-state index contributed by atoms with van der Waals surface area (Å²) in [4.78, 5) is 14.7. The van der Waals surface area contributed by atoms with E-state index < -0.39 is 0 Å². The molecule has 1 fully saturated rings. The molecule has 0 bridgehead atoms. The summed E-state index contributed by atoms with van der Waals surface area (Å²) in [6, 6.07) is 4.14. The molecule has 0 aromatic heterocycles. The fourth-order valence-corrected chi connectivity index (χ4v) is 3.83. The molecule has 1 heterocycles. The first-order valence-corrected chi connectivity index (χ1v) is 8.65. The van der Waals surface area contributed by atoms with E-state index in [2.05, 4.69) is 24.0 Å². The lowest BCUT2D eigenvalue weighted by molar-refractivity contribution is -0.132. The number of fused-ring (bicyclic) bond motifs is 1. The third kappa shape index (κ3) is 3.31. The van der Waals surface area contributed by atoms with Gasteiger partial charge >= 0.3 is 0 Å². The van der Waals surface area contributed by atoms with E-state index in [9.17, 15) is 4.79 Å². The van der Waals surface area contributed by atoms with Gasteiger partial charge in [0.1, 0.15) is 0 Å². The maximum atomic E-state index is 12.6. The van der Waals surface area contributed by atoms with Gasteiger partial charge < -0.3 is 14.4 Å². The zero-order chi connectivity index (χ0) is 16.4. The van der Waals surface area contributed by atoms with Crippen LogP contribution in [-0.2, 0) is 11.2 Å². The molecule has 0 saturated carbocycles. The van der Waals surface area contributed by atoms with Gasteiger partial charge in [-0.25, -0.2) is 0 Å². The van der Waals surface area contributed by atoms with Crippen LogP contribution in [0.5, 0.6) is 11.5 Å². The first-order valence-electron chi connectivity index (χ1n) is 8.65. The standard InChI is InChI=1S/C19H27NO3/c1-13-6-8-20(9-7-13)19(21)11-15-5-4-14-10-17(22-2)18(23-3)12-16(14)15/h10,12-13,15H,4-9,11H2,1-3H3. The Bertz CT molecular complexity index is 576. The fourth-order valence-electron chi connectivity index (χ4n) is 3.83. The Balaban J connectivity index is 1.71. The number of likely N-dealkylation sites (tertiary alicyclic amines) is 1. The van der Waals surface area contributed by atoms with Crippen LogP contribution >= 0.6 is 0 Å². The molecule has 1 aliphatic heterocycles. The van der Waals surface area contributed by atoms with Crippen molar-refractivity contribution in [3.8, 4) is 11.5 Å². The van der Waals surface area contributed by atoms with Crippen LogP contribution in [0.3, 0.4) is 0 Å². The maximum Gasteiger partial charge on any atom is 0.223 e. The largest absolute Gasteiger partial charge is 0.493 e. The highest BCUT2D eigenvalue weighted by molar-refractivity contribution is 5.77. The van der Waals surface area contributed by atoms with Gasteiger partial charge in [-0.1, -0.05) is 6.92 Å². The predicted octanol–water partition coefficient (Wildman–Crippen LogP) is 3.38. The smallest absolute Gasteiger partial charge is 0.223 e. The third-order valence-electron chi connectivity index (χ3n) is 5.40. The molecule has 4 nitrogen and oxygen atoms in total. The van der Waals surface area contributed by atoms with Gasteiger partial charge in [0.15, 0.2) is 11.5 Å². The molecule has 0 spiro atoms. The van der Waals surface area contributed by atoms with Crippen LogP contribution in [0.15, 0.2) is 12.1 Å². The molecule has 1 saturated heterocycles. The molecule has 3 rings (SSSR count). The summed E-state index contributed by atoms with van der Waals surface area (Å²) in [5.41, 5.74) is 2.56. The fraction of sp³-hybridized carbons (Fsp3) is 0.632. The summed E-state index contributed by atoms with van der Waals surface area (Å²) < 4.78 is 10.8. The first-order chi connectivity index (χ1) is 11.1. The number of nitrogens with zero attached hydrogens (tertiary/aromatic N) is 1. The lowest BCUT2D eigenvalue weighted by Crippen LogP contribution is -2.38. The number of rotatable bonds is 4. The first kappa shape index (κ1) is 16.2. The molecule has 1 amide bonds. The summed E-state index contributed by atoms with van der Waals surface area (Å²) in [5, 5.41) is 0. The van der Waals surface area contributed by atoms with Gasteiger partial charge in [-0.3, -0.25) is 4.79 Å². The Morgan fingerprint density at radius 1 is 1.13 bits per heavy atom. The molecule has 1 aromatic rings. The molecule has 1 atom stereocenters. The SMILES string of the molecule is COc1cc2c(cc1OC)C(CC(=O)N1CCC(C)CC1)CC2. The van der Waals surface area contributed by atoms with E-state index >= 15 is 0 Å². The van der Waals surface area contributed by atoms with Crippen LogP contribution in [-0.4, -0.2) is 38.1 Å². The monoisotopic (exact) mass is 317 g/mol. The highest BCUT2D eigenvalue weighted by Gasteiger charge is 2.29. The molecule has 4 heteroatoms. The number of ether oxygens (including phenoxy) is 2. The van der Waals surface area contributed by atoms with Crippen LogP contribution in [0.4, 0.5) is 0 Å². The number of benzene rings is 1. The van der Waals surface area contributed by atoms with Gasteiger partial charge in [0, 0.05) is 19.5 Å². The molecule has 2 aliphatic rings. The van der Waals surface area contributed by atoms with Crippen LogP contribution in [0, 0.1) is 5.92 Å². The normalized spacial score (nSPS) is 21.2. The number of hydrogen-bond acceptors (Lipinski definition) is 3.